The average Bonchev–Trinajstić information content (AvgIpc) is 3.28. The summed E-state index contributed by atoms with van der Waals surface area (Å²) in [6, 6.07) is 27.1. The molecule has 0 spiro atoms. The maximum absolute atomic E-state index is 5.04. The maximum atomic E-state index is 5.04. The van der Waals surface area contributed by atoms with Crippen molar-refractivity contribution in [3.05, 3.63) is 78.5 Å². The summed E-state index contributed by atoms with van der Waals surface area (Å²) in [6.07, 6.45) is 0. The minimum atomic E-state index is 0.894. The number of imidazole rings is 1. The summed E-state index contributed by atoms with van der Waals surface area (Å²) >= 11 is 0. The second kappa shape index (κ2) is 5.12. The van der Waals surface area contributed by atoms with E-state index >= 15 is 0 Å². The number of rotatable bonds is 1. The van der Waals surface area contributed by atoms with Gasteiger partial charge in [0, 0.05) is 43.7 Å². The molecule has 0 fully saturated rings. The number of H-pyrrole nitrogens is 2. The molecule has 0 aliphatic heterocycles. The molecular weight excluding hydrogens is 330 g/mol. The minimum absolute atomic E-state index is 0.894. The van der Waals surface area contributed by atoms with Crippen LogP contribution in [0.25, 0.3) is 54.9 Å². The van der Waals surface area contributed by atoms with Crippen molar-refractivity contribution in [1.29, 1.82) is 0 Å². The van der Waals surface area contributed by atoms with Crippen LogP contribution in [-0.2, 0) is 0 Å². The van der Waals surface area contributed by atoms with Gasteiger partial charge in [0.1, 0.15) is 5.82 Å². The van der Waals surface area contributed by atoms with Crippen molar-refractivity contribution in [2.24, 2.45) is 0 Å². The van der Waals surface area contributed by atoms with E-state index in [1.54, 1.807) is 0 Å². The zero-order chi connectivity index (χ0) is 18.0. The van der Waals surface area contributed by atoms with E-state index in [2.05, 4.69) is 77.6 Å². The smallest absolute Gasteiger partial charge is 0.140 e. The van der Waals surface area contributed by atoms with Crippen molar-refractivity contribution in [2.45, 2.75) is 6.92 Å². The molecule has 0 unspecified atom stereocenters. The van der Waals surface area contributed by atoms with E-state index in [1.807, 2.05) is 12.1 Å². The van der Waals surface area contributed by atoms with Gasteiger partial charge < -0.3 is 9.97 Å². The van der Waals surface area contributed by atoms with Gasteiger partial charge in [0.2, 0.25) is 0 Å². The summed E-state index contributed by atoms with van der Waals surface area (Å²) in [5, 5.41) is 5.68. The molecule has 6 rings (SSSR count). The predicted molar refractivity (Wildman–Crippen MR) is 111 cm³/mol. The van der Waals surface area contributed by atoms with Crippen molar-refractivity contribution in [3.8, 4) is 11.4 Å². The normalized spacial score (nSPS) is 11.6. The fourth-order valence-electron chi connectivity index (χ4n) is 4.18. The average molecular weight is 345 g/mol. The highest BCUT2D eigenvalue weighted by Crippen LogP contribution is 2.36. The molecule has 27 heavy (non-hydrogen) atoms. The van der Waals surface area contributed by atoms with E-state index < -0.39 is 0 Å². The van der Waals surface area contributed by atoms with Gasteiger partial charge in [0.05, 0.1) is 11.0 Å². The Balaban J connectivity index is 1.80. The largest absolute Gasteiger partial charge is 0.358 e. The Hall–Kier alpha value is -3.77. The monoisotopic (exact) mass is 345 g/mol. The molecule has 0 aliphatic rings. The van der Waals surface area contributed by atoms with Crippen LogP contribution in [0, 0.1) is 19.1 Å². The molecule has 3 nitrogen and oxygen atoms in total. The van der Waals surface area contributed by atoms with Crippen LogP contribution in [0.3, 0.4) is 0 Å². The molecule has 0 amide bonds. The van der Waals surface area contributed by atoms with Crippen LogP contribution in [-0.4, -0.2) is 15.0 Å². The summed E-state index contributed by atoms with van der Waals surface area (Å²) in [7, 11) is 0. The molecule has 2 aromatic heterocycles. The van der Waals surface area contributed by atoms with Gasteiger partial charge in [0.15, 0.2) is 0 Å². The topological polar surface area (TPSA) is 44.5 Å². The summed E-state index contributed by atoms with van der Waals surface area (Å²) in [4.78, 5) is 12.1. The van der Waals surface area contributed by atoms with Gasteiger partial charge in [-0.2, -0.15) is 0 Å². The Morgan fingerprint density at radius 3 is 2.48 bits per heavy atom. The van der Waals surface area contributed by atoms with Gasteiger partial charge >= 0.3 is 0 Å². The second-order valence-electron chi connectivity index (χ2n) is 6.92. The van der Waals surface area contributed by atoms with Crippen LogP contribution in [0.4, 0.5) is 0 Å². The first-order valence-electron chi connectivity index (χ1n) is 9.01. The van der Waals surface area contributed by atoms with Crippen molar-refractivity contribution in [3.63, 3.8) is 0 Å². The Morgan fingerprint density at radius 1 is 0.815 bits per heavy atom. The van der Waals surface area contributed by atoms with Crippen LogP contribution in [0.5, 0.6) is 0 Å². The molecular formula is C24H15N3. The third-order valence-electron chi connectivity index (χ3n) is 5.35. The first-order valence-corrected chi connectivity index (χ1v) is 9.01. The van der Waals surface area contributed by atoms with E-state index in [4.69, 9.17) is 4.98 Å². The molecule has 6 aromatic rings. The molecule has 2 N–H and O–H groups in total. The lowest BCUT2D eigenvalue weighted by Crippen LogP contribution is -1.81. The standard InChI is InChI=1S/C24H15N3/c1-14-21(19-12-6-7-13-20(19)25-14)24-26-22-17-10-4-2-8-15(17)16-9-3-5-11-18(16)23(22)27-24/h2,4-8,10-13,25H,1H3,(H,26,27). The lowest BCUT2D eigenvalue weighted by Gasteiger charge is -2.03. The first kappa shape index (κ1) is 14.4. The zero-order valence-corrected chi connectivity index (χ0v) is 14.7. The van der Waals surface area contributed by atoms with Crippen LogP contribution >= 0.6 is 0 Å². The molecule has 0 bridgehead atoms. The van der Waals surface area contributed by atoms with Crippen LogP contribution in [0.1, 0.15) is 5.69 Å². The molecule has 4 aromatic carbocycles. The Kier molecular flexibility index (Phi) is 2.73. The molecule has 3 heteroatoms. The van der Waals surface area contributed by atoms with E-state index in [-0.39, 0.29) is 0 Å². The Bertz CT molecular complexity index is 1410. The van der Waals surface area contributed by atoms with Crippen molar-refractivity contribution < 1.29 is 0 Å². The fraction of sp³-hybridized carbons (Fsp3) is 0.0417. The van der Waals surface area contributed by atoms with Gasteiger partial charge in [-0.05, 0) is 25.1 Å². The summed E-state index contributed by atoms with van der Waals surface area (Å²) in [6.45, 7) is 2.10. The summed E-state index contributed by atoms with van der Waals surface area (Å²) in [5.74, 6) is 0.894. The molecule has 0 saturated heterocycles. The molecule has 0 radical (unpaired) electrons. The lowest BCUT2D eigenvalue weighted by molar-refractivity contribution is 1.26. The maximum Gasteiger partial charge on any atom is 0.140 e. The third kappa shape index (κ3) is 1.90. The van der Waals surface area contributed by atoms with Gasteiger partial charge in [-0.15, -0.1) is 0 Å². The minimum Gasteiger partial charge on any atom is -0.358 e. The number of hydrogen-bond acceptors (Lipinski definition) is 1. The molecule has 0 saturated carbocycles. The SMILES string of the molecule is Cc1[nH]c2ccccc2c1-c1nc2c3ccccc3c3c#cccc3c2[nH]1. The van der Waals surface area contributed by atoms with Crippen LogP contribution in [0.15, 0.2) is 60.7 Å². The highest BCUT2D eigenvalue weighted by Gasteiger charge is 2.17. The highest BCUT2D eigenvalue weighted by atomic mass is 14.9. The number of aryl methyl sites for hydroxylation is 1. The van der Waals surface area contributed by atoms with Crippen molar-refractivity contribution in [2.75, 3.05) is 0 Å². The molecule has 0 atom stereocenters. The van der Waals surface area contributed by atoms with E-state index in [1.165, 1.54) is 5.39 Å². The quantitative estimate of drug-likeness (QED) is 0.381. The van der Waals surface area contributed by atoms with Crippen LogP contribution in [0.2, 0.25) is 0 Å². The van der Waals surface area contributed by atoms with Crippen molar-refractivity contribution in [1.82, 2.24) is 15.0 Å². The number of aromatic amines is 2. The lowest BCUT2D eigenvalue weighted by atomic mass is 10.0. The van der Waals surface area contributed by atoms with Gasteiger partial charge in [0.25, 0.3) is 0 Å². The number of benzene rings is 3. The van der Waals surface area contributed by atoms with E-state index in [0.717, 1.165) is 55.2 Å². The van der Waals surface area contributed by atoms with Gasteiger partial charge in [-0.1, -0.05) is 54.6 Å². The van der Waals surface area contributed by atoms with Crippen molar-refractivity contribution >= 4 is 43.5 Å². The second-order valence-corrected chi connectivity index (χ2v) is 6.92. The van der Waals surface area contributed by atoms with Gasteiger partial charge in [-0.3, -0.25) is 0 Å². The predicted octanol–water partition coefficient (Wildman–Crippen LogP) is 5.93. The number of fused-ring (bicyclic) bond motifs is 7. The van der Waals surface area contributed by atoms with Crippen LogP contribution < -0.4 is 0 Å². The number of para-hydroxylation sites is 1. The third-order valence-corrected chi connectivity index (χ3v) is 5.35. The Labute approximate surface area is 155 Å². The summed E-state index contributed by atoms with van der Waals surface area (Å²) < 4.78 is 0. The number of aromatic nitrogens is 3. The van der Waals surface area contributed by atoms with Gasteiger partial charge in [-0.25, -0.2) is 4.98 Å². The van der Waals surface area contributed by atoms with E-state index in [0.29, 0.717) is 0 Å². The number of nitrogens with zero attached hydrogens (tertiary/aromatic N) is 1. The molecule has 126 valence electrons. The zero-order valence-electron chi connectivity index (χ0n) is 14.7. The van der Waals surface area contributed by atoms with E-state index in [9.17, 15) is 0 Å². The molecule has 0 aliphatic carbocycles. The Morgan fingerprint density at radius 2 is 1.59 bits per heavy atom. The summed E-state index contributed by atoms with van der Waals surface area (Å²) in [5.41, 5.74) is 5.42. The fourth-order valence-corrected chi connectivity index (χ4v) is 4.18. The number of nitrogens with one attached hydrogen (secondary N) is 2. The first-order chi connectivity index (χ1) is 13.3. The molecule has 2 heterocycles. The number of hydrogen-bond donors (Lipinski definition) is 2. The highest BCUT2D eigenvalue weighted by molar-refractivity contribution is 6.23.